The Balaban J connectivity index is 1.61. The number of likely N-dealkylation sites (tertiary alicyclic amines) is 2. The predicted octanol–water partition coefficient (Wildman–Crippen LogP) is 1.34. The standard InChI is InChI=1S/C20H28N4O3/c1-16(25)21-11-7-19(27)23-12-4-8-20(14-23)9-6-18(26)24(15-20)13-17-5-2-3-10-22-17/h2-3,5,10H,4,6-9,11-15H2,1H3,(H,21,25)/t20-/m0/s1. The molecule has 0 bridgehead atoms. The van der Waals surface area contributed by atoms with Gasteiger partial charge in [0.2, 0.25) is 17.7 Å². The summed E-state index contributed by atoms with van der Waals surface area (Å²) >= 11 is 0. The van der Waals surface area contributed by atoms with Crippen molar-refractivity contribution in [2.24, 2.45) is 5.41 Å². The van der Waals surface area contributed by atoms with Gasteiger partial charge in [-0.1, -0.05) is 6.07 Å². The van der Waals surface area contributed by atoms with Gasteiger partial charge in [0.05, 0.1) is 12.2 Å². The minimum Gasteiger partial charge on any atom is -0.356 e. The van der Waals surface area contributed by atoms with Gasteiger partial charge in [0.25, 0.3) is 0 Å². The fourth-order valence-corrected chi connectivity index (χ4v) is 4.19. The lowest BCUT2D eigenvalue weighted by Gasteiger charge is -2.48. The lowest BCUT2D eigenvalue weighted by Crippen LogP contribution is -2.55. The molecule has 1 aromatic heterocycles. The average Bonchev–Trinajstić information content (AvgIpc) is 2.65. The van der Waals surface area contributed by atoms with E-state index in [-0.39, 0.29) is 23.1 Å². The Morgan fingerprint density at radius 3 is 2.85 bits per heavy atom. The Hall–Kier alpha value is -2.44. The lowest BCUT2D eigenvalue weighted by molar-refractivity contribution is -0.143. The first-order chi connectivity index (χ1) is 13.0. The van der Waals surface area contributed by atoms with E-state index >= 15 is 0 Å². The number of carbonyl (C=O) groups is 3. The van der Waals surface area contributed by atoms with Gasteiger partial charge < -0.3 is 15.1 Å². The number of amides is 3. The highest BCUT2D eigenvalue weighted by atomic mass is 16.2. The highest BCUT2D eigenvalue weighted by molar-refractivity contribution is 5.79. The zero-order valence-electron chi connectivity index (χ0n) is 15.9. The van der Waals surface area contributed by atoms with Crippen LogP contribution >= 0.6 is 0 Å². The number of carbonyl (C=O) groups excluding carboxylic acids is 3. The number of aromatic nitrogens is 1. The maximum atomic E-state index is 12.5. The van der Waals surface area contributed by atoms with E-state index in [1.165, 1.54) is 6.92 Å². The van der Waals surface area contributed by atoms with Crippen LogP contribution in [-0.4, -0.2) is 58.7 Å². The van der Waals surface area contributed by atoms with Gasteiger partial charge in [-0.15, -0.1) is 0 Å². The van der Waals surface area contributed by atoms with E-state index in [1.54, 1.807) is 6.20 Å². The molecule has 146 valence electrons. The molecule has 0 aromatic carbocycles. The Labute approximate surface area is 160 Å². The second kappa shape index (κ2) is 8.50. The van der Waals surface area contributed by atoms with Crippen LogP contribution in [0.1, 0.15) is 44.7 Å². The Bertz CT molecular complexity index is 694. The number of nitrogens with one attached hydrogen (secondary N) is 1. The fraction of sp³-hybridized carbons (Fsp3) is 0.600. The van der Waals surface area contributed by atoms with Gasteiger partial charge in [-0.2, -0.15) is 0 Å². The second-order valence-corrected chi connectivity index (χ2v) is 7.72. The van der Waals surface area contributed by atoms with Crippen molar-refractivity contribution in [2.75, 3.05) is 26.2 Å². The monoisotopic (exact) mass is 372 g/mol. The van der Waals surface area contributed by atoms with Crippen LogP contribution in [0.4, 0.5) is 0 Å². The van der Waals surface area contributed by atoms with E-state index in [0.29, 0.717) is 39.0 Å². The topological polar surface area (TPSA) is 82.6 Å². The van der Waals surface area contributed by atoms with Gasteiger partial charge in [0.1, 0.15) is 0 Å². The van der Waals surface area contributed by atoms with Crippen molar-refractivity contribution in [3.05, 3.63) is 30.1 Å². The van der Waals surface area contributed by atoms with E-state index in [9.17, 15) is 14.4 Å². The normalized spacial score (nSPS) is 22.8. The number of pyridine rings is 1. The Morgan fingerprint density at radius 2 is 2.11 bits per heavy atom. The number of hydrogen-bond acceptors (Lipinski definition) is 4. The van der Waals surface area contributed by atoms with Crippen molar-refractivity contribution in [2.45, 2.75) is 45.6 Å². The summed E-state index contributed by atoms with van der Waals surface area (Å²) in [6.45, 7) is 4.49. The van der Waals surface area contributed by atoms with Crippen molar-refractivity contribution < 1.29 is 14.4 Å². The molecule has 1 atom stereocenters. The molecular weight excluding hydrogens is 344 g/mol. The number of rotatable bonds is 5. The fourth-order valence-electron chi connectivity index (χ4n) is 4.19. The van der Waals surface area contributed by atoms with Crippen LogP contribution in [0.3, 0.4) is 0 Å². The molecule has 1 N–H and O–H groups in total. The smallest absolute Gasteiger partial charge is 0.224 e. The number of nitrogens with zero attached hydrogens (tertiary/aromatic N) is 3. The third kappa shape index (κ3) is 5.05. The summed E-state index contributed by atoms with van der Waals surface area (Å²) < 4.78 is 0. The molecule has 0 aliphatic carbocycles. The van der Waals surface area contributed by atoms with Gasteiger partial charge in [-0.25, -0.2) is 0 Å². The van der Waals surface area contributed by atoms with Crippen molar-refractivity contribution in [1.29, 1.82) is 0 Å². The van der Waals surface area contributed by atoms with Gasteiger partial charge >= 0.3 is 0 Å². The highest BCUT2D eigenvalue weighted by Crippen LogP contribution is 2.39. The molecule has 2 aliphatic heterocycles. The summed E-state index contributed by atoms with van der Waals surface area (Å²) in [5, 5.41) is 2.68. The van der Waals surface area contributed by atoms with Crippen molar-refractivity contribution in [3.63, 3.8) is 0 Å². The zero-order valence-corrected chi connectivity index (χ0v) is 15.9. The minimum atomic E-state index is -0.117. The quantitative estimate of drug-likeness (QED) is 0.846. The van der Waals surface area contributed by atoms with Crippen LogP contribution in [0.2, 0.25) is 0 Å². The minimum absolute atomic E-state index is 0.0232. The van der Waals surface area contributed by atoms with E-state index < -0.39 is 0 Å². The largest absolute Gasteiger partial charge is 0.356 e. The molecule has 1 aromatic rings. The summed E-state index contributed by atoms with van der Waals surface area (Å²) in [6.07, 6.45) is 5.43. The molecule has 0 saturated carbocycles. The van der Waals surface area contributed by atoms with E-state index in [0.717, 1.165) is 31.5 Å². The molecule has 3 amide bonds. The van der Waals surface area contributed by atoms with Crippen molar-refractivity contribution in [1.82, 2.24) is 20.1 Å². The highest BCUT2D eigenvalue weighted by Gasteiger charge is 2.42. The molecule has 2 saturated heterocycles. The lowest BCUT2D eigenvalue weighted by atomic mass is 9.73. The van der Waals surface area contributed by atoms with Crippen LogP contribution in [0.15, 0.2) is 24.4 Å². The zero-order chi connectivity index (χ0) is 19.3. The molecule has 27 heavy (non-hydrogen) atoms. The summed E-state index contributed by atoms with van der Waals surface area (Å²) in [7, 11) is 0. The molecule has 3 rings (SSSR count). The predicted molar refractivity (Wildman–Crippen MR) is 100 cm³/mol. The van der Waals surface area contributed by atoms with Gasteiger partial charge in [0.15, 0.2) is 0 Å². The van der Waals surface area contributed by atoms with E-state index in [1.807, 2.05) is 28.0 Å². The molecule has 7 nitrogen and oxygen atoms in total. The Morgan fingerprint density at radius 1 is 1.26 bits per heavy atom. The van der Waals surface area contributed by atoms with Crippen LogP contribution in [0.25, 0.3) is 0 Å². The first-order valence-electron chi connectivity index (χ1n) is 9.67. The summed E-state index contributed by atoms with van der Waals surface area (Å²) in [5.41, 5.74) is 0.867. The summed E-state index contributed by atoms with van der Waals surface area (Å²) in [5.74, 6) is 0.130. The third-order valence-electron chi connectivity index (χ3n) is 5.55. The van der Waals surface area contributed by atoms with Crippen LogP contribution < -0.4 is 5.32 Å². The Kier molecular flexibility index (Phi) is 6.08. The molecule has 0 radical (unpaired) electrons. The van der Waals surface area contributed by atoms with Gasteiger partial charge in [-0.3, -0.25) is 19.4 Å². The summed E-state index contributed by atoms with van der Waals surface area (Å²) in [4.78, 5) is 44.1. The third-order valence-corrected chi connectivity index (χ3v) is 5.55. The maximum absolute atomic E-state index is 12.5. The molecule has 2 fully saturated rings. The SMILES string of the molecule is CC(=O)NCCC(=O)N1CCC[C@]2(CCC(=O)N(Cc3ccccn3)C2)C1. The molecular formula is C20H28N4O3. The van der Waals surface area contributed by atoms with E-state index in [4.69, 9.17) is 0 Å². The first kappa shape index (κ1) is 19.3. The number of hydrogen-bond donors (Lipinski definition) is 1. The number of piperidine rings is 2. The van der Waals surface area contributed by atoms with Crippen LogP contribution in [-0.2, 0) is 20.9 Å². The average molecular weight is 372 g/mol. The van der Waals surface area contributed by atoms with E-state index in [2.05, 4.69) is 10.3 Å². The summed E-state index contributed by atoms with van der Waals surface area (Å²) in [6, 6.07) is 5.74. The molecule has 7 heteroatoms. The van der Waals surface area contributed by atoms with Crippen molar-refractivity contribution >= 4 is 17.7 Å². The first-order valence-corrected chi connectivity index (χ1v) is 9.67. The second-order valence-electron chi connectivity index (χ2n) is 7.72. The van der Waals surface area contributed by atoms with Crippen LogP contribution in [0, 0.1) is 5.41 Å². The molecule has 0 unspecified atom stereocenters. The molecule has 3 heterocycles. The molecule has 2 aliphatic rings. The van der Waals surface area contributed by atoms with Gasteiger partial charge in [-0.05, 0) is 31.4 Å². The van der Waals surface area contributed by atoms with Crippen LogP contribution in [0.5, 0.6) is 0 Å². The molecule has 1 spiro atoms. The van der Waals surface area contributed by atoms with Crippen molar-refractivity contribution in [3.8, 4) is 0 Å². The van der Waals surface area contributed by atoms with Gasteiger partial charge in [0, 0.05) is 57.6 Å². The maximum Gasteiger partial charge on any atom is 0.224 e.